The van der Waals surface area contributed by atoms with Crippen LogP contribution >= 0.6 is 34.7 Å². The van der Waals surface area contributed by atoms with Crippen LogP contribution in [0.25, 0.3) is 0 Å². The van der Waals surface area contributed by atoms with Gasteiger partial charge in [0.15, 0.2) is 5.69 Å². The largest absolute Gasteiger partial charge is 0.508 e. The zero-order valence-corrected chi connectivity index (χ0v) is 20.3. The van der Waals surface area contributed by atoms with Crippen LogP contribution in [-0.4, -0.2) is 27.3 Å². The van der Waals surface area contributed by atoms with Crippen LogP contribution in [0, 0.1) is 5.82 Å². The van der Waals surface area contributed by atoms with E-state index in [9.17, 15) is 19.1 Å². The summed E-state index contributed by atoms with van der Waals surface area (Å²) in [5, 5.41) is 12.8. The number of phenolic OH excluding ortho intramolecular Hbond substituents is 1. The highest BCUT2D eigenvalue weighted by molar-refractivity contribution is 7.11. The molecule has 1 aliphatic rings. The third-order valence-corrected chi connectivity index (χ3v) is 7.40. The van der Waals surface area contributed by atoms with Crippen LogP contribution in [0.3, 0.4) is 0 Å². The number of amides is 2. The molecule has 0 unspecified atom stereocenters. The molecule has 1 heterocycles. The fourth-order valence-electron chi connectivity index (χ4n) is 4.09. The first-order valence-electron chi connectivity index (χ1n) is 10.8. The van der Waals surface area contributed by atoms with Gasteiger partial charge in [-0.25, -0.2) is 4.39 Å². The van der Waals surface area contributed by atoms with Gasteiger partial charge < -0.3 is 10.4 Å². The van der Waals surface area contributed by atoms with Crippen LogP contribution in [0.1, 0.15) is 54.2 Å². The Kier molecular flexibility index (Phi) is 7.70. The molecule has 2 aromatic carbocycles. The molecular weight excluding hydrogens is 500 g/mol. The van der Waals surface area contributed by atoms with Crippen molar-refractivity contribution in [1.29, 1.82) is 0 Å². The van der Waals surface area contributed by atoms with E-state index in [0.717, 1.165) is 43.6 Å². The van der Waals surface area contributed by atoms with E-state index in [2.05, 4.69) is 9.69 Å². The third-order valence-electron chi connectivity index (χ3n) is 5.79. The van der Waals surface area contributed by atoms with E-state index < -0.39 is 23.7 Å². The standard InChI is InChI=1S/C24H22Cl2FN3O3S/c25-19-20(29-34-22(19)26)24(33)30(17-10-8-15(27)9-11-17)21(14-6-12-18(31)13-7-14)23(32)28-16-4-2-1-3-5-16/h6-13,16,21,31H,1-5H2,(H,28,32)/t21-/m0/s1. The number of halogens is 3. The van der Waals surface area contributed by atoms with Crippen molar-refractivity contribution >= 4 is 52.2 Å². The van der Waals surface area contributed by atoms with E-state index in [-0.39, 0.29) is 32.5 Å². The molecule has 1 fully saturated rings. The van der Waals surface area contributed by atoms with E-state index in [1.807, 2.05) is 0 Å². The van der Waals surface area contributed by atoms with Gasteiger partial charge in [-0.05, 0) is 66.3 Å². The Labute approximate surface area is 210 Å². The number of hydrogen-bond donors (Lipinski definition) is 2. The lowest BCUT2D eigenvalue weighted by atomic mass is 9.94. The molecule has 2 amide bonds. The minimum atomic E-state index is -1.13. The maximum Gasteiger partial charge on any atom is 0.280 e. The molecule has 10 heteroatoms. The minimum absolute atomic E-state index is 0.0108. The zero-order chi connectivity index (χ0) is 24.2. The number of hydrogen-bond acceptors (Lipinski definition) is 5. The summed E-state index contributed by atoms with van der Waals surface area (Å²) in [6.07, 6.45) is 4.86. The third kappa shape index (κ3) is 5.35. The Hall–Kier alpha value is -2.68. The SMILES string of the molecule is O=C(NC1CCCCC1)[C@H](c1ccc(O)cc1)N(C(=O)c1nsc(Cl)c1Cl)c1ccc(F)cc1. The van der Waals surface area contributed by atoms with Gasteiger partial charge in [0.2, 0.25) is 5.91 Å². The number of carbonyl (C=O) groups is 2. The lowest BCUT2D eigenvalue weighted by Crippen LogP contribution is -2.47. The van der Waals surface area contributed by atoms with Gasteiger partial charge in [-0.2, -0.15) is 4.37 Å². The lowest BCUT2D eigenvalue weighted by Gasteiger charge is -2.33. The maximum absolute atomic E-state index is 13.7. The summed E-state index contributed by atoms with van der Waals surface area (Å²) in [6, 6.07) is 10.1. The molecule has 4 rings (SSSR count). The van der Waals surface area contributed by atoms with Crippen molar-refractivity contribution in [1.82, 2.24) is 9.69 Å². The zero-order valence-electron chi connectivity index (χ0n) is 18.0. The van der Waals surface area contributed by atoms with Crippen molar-refractivity contribution in [3.8, 4) is 5.75 Å². The first-order chi connectivity index (χ1) is 16.3. The van der Waals surface area contributed by atoms with Crippen molar-refractivity contribution in [2.24, 2.45) is 0 Å². The Morgan fingerprint density at radius 2 is 1.71 bits per heavy atom. The van der Waals surface area contributed by atoms with Crippen LogP contribution in [0.4, 0.5) is 10.1 Å². The minimum Gasteiger partial charge on any atom is -0.508 e. The molecular formula is C24H22Cl2FN3O3S. The molecule has 0 spiro atoms. The van der Waals surface area contributed by atoms with Gasteiger partial charge in [0, 0.05) is 11.7 Å². The van der Waals surface area contributed by atoms with Crippen LogP contribution in [0.5, 0.6) is 5.75 Å². The molecule has 0 bridgehead atoms. The molecule has 0 aliphatic heterocycles. The fraction of sp³-hybridized carbons (Fsp3) is 0.292. The molecule has 1 atom stereocenters. The van der Waals surface area contributed by atoms with Gasteiger partial charge >= 0.3 is 0 Å². The van der Waals surface area contributed by atoms with E-state index in [0.29, 0.717) is 5.56 Å². The number of carbonyl (C=O) groups excluding carboxylic acids is 2. The van der Waals surface area contributed by atoms with Crippen molar-refractivity contribution < 1.29 is 19.1 Å². The average Bonchev–Trinajstić information content (AvgIpc) is 3.17. The number of rotatable bonds is 6. The lowest BCUT2D eigenvalue weighted by molar-refractivity contribution is -0.123. The van der Waals surface area contributed by atoms with Crippen LogP contribution in [-0.2, 0) is 4.79 Å². The molecule has 1 aliphatic carbocycles. The van der Waals surface area contributed by atoms with E-state index in [1.165, 1.54) is 41.3 Å². The average molecular weight is 522 g/mol. The summed E-state index contributed by atoms with van der Waals surface area (Å²) in [7, 11) is 0. The molecule has 34 heavy (non-hydrogen) atoms. The van der Waals surface area contributed by atoms with E-state index in [1.54, 1.807) is 12.1 Å². The fourth-order valence-corrected chi connectivity index (χ4v) is 5.08. The molecule has 0 radical (unpaired) electrons. The van der Waals surface area contributed by atoms with Gasteiger partial charge in [0.1, 0.15) is 27.0 Å². The maximum atomic E-state index is 13.7. The van der Waals surface area contributed by atoms with Crippen LogP contribution < -0.4 is 10.2 Å². The molecule has 0 saturated heterocycles. The smallest absolute Gasteiger partial charge is 0.280 e. The quantitative estimate of drug-likeness (QED) is 0.408. The van der Waals surface area contributed by atoms with Crippen LogP contribution in [0.15, 0.2) is 48.5 Å². The summed E-state index contributed by atoms with van der Waals surface area (Å²) >= 11 is 13.2. The number of nitrogens with zero attached hydrogens (tertiary/aromatic N) is 2. The highest BCUT2D eigenvalue weighted by atomic mass is 35.5. The number of nitrogens with one attached hydrogen (secondary N) is 1. The highest BCUT2D eigenvalue weighted by Gasteiger charge is 2.36. The summed E-state index contributed by atoms with van der Waals surface area (Å²) in [6.45, 7) is 0. The Morgan fingerprint density at radius 1 is 1.06 bits per heavy atom. The molecule has 3 aromatic rings. The van der Waals surface area contributed by atoms with Gasteiger partial charge in [0.05, 0.1) is 0 Å². The highest BCUT2D eigenvalue weighted by Crippen LogP contribution is 2.35. The van der Waals surface area contributed by atoms with Crippen molar-refractivity contribution in [2.75, 3.05) is 4.90 Å². The number of aromatic hydroxyl groups is 1. The topological polar surface area (TPSA) is 82.5 Å². The van der Waals surface area contributed by atoms with Gasteiger partial charge in [-0.3, -0.25) is 14.5 Å². The molecule has 1 saturated carbocycles. The summed E-state index contributed by atoms with van der Waals surface area (Å²) in [5.41, 5.74) is 0.639. The normalized spacial score (nSPS) is 15.0. The number of benzene rings is 2. The van der Waals surface area contributed by atoms with Crippen LogP contribution in [0.2, 0.25) is 9.36 Å². The second kappa shape index (κ2) is 10.7. The van der Waals surface area contributed by atoms with Crippen molar-refractivity contribution in [3.05, 3.63) is 75.0 Å². The van der Waals surface area contributed by atoms with E-state index in [4.69, 9.17) is 23.2 Å². The van der Waals surface area contributed by atoms with E-state index >= 15 is 0 Å². The first kappa shape index (κ1) is 24.4. The summed E-state index contributed by atoms with van der Waals surface area (Å²) in [4.78, 5) is 28.7. The number of phenols is 1. The first-order valence-corrected chi connectivity index (χ1v) is 12.4. The molecule has 178 valence electrons. The second-order valence-corrected chi connectivity index (χ2v) is 9.86. The van der Waals surface area contributed by atoms with Crippen molar-refractivity contribution in [3.63, 3.8) is 0 Å². The monoisotopic (exact) mass is 521 g/mol. The van der Waals surface area contributed by atoms with Gasteiger partial charge in [-0.15, -0.1) is 0 Å². The predicted molar refractivity (Wildman–Crippen MR) is 131 cm³/mol. The van der Waals surface area contributed by atoms with Gasteiger partial charge in [-0.1, -0.05) is 54.6 Å². The number of aromatic nitrogens is 1. The summed E-state index contributed by atoms with van der Waals surface area (Å²) < 4.78 is 18.0. The number of anilines is 1. The molecule has 2 N–H and O–H groups in total. The molecule has 1 aromatic heterocycles. The Bertz CT molecular complexity index is 1170. The van der Waals surface area contributed by atoms with Crippen molar-refractivity contribution in [2.45, 2.75) is 44.2 Å². The van der Waals surface area contributed by atoms with Gasteiger partial charge in [0.25, 0.3) is 5.91 Å². The predicted octanol–water partition coefficient (Wildman–Crippen LogP) is 6.13. The Morgan fingerprint density at radius 3 is 2.29 bits per heavy atom. The Balaban J connectivity index is 1.81. The second-order valence-electron chi connectivity index (χ2n) is 8.11. The summed E-state index contributed by atoms with van der Waals surface area (Å²) in [5.74, 6) is -1.52. The molecule has 6 nitrogen and oxygen atoms in total.